The maximum absolute atomic E-state index is 13.1. The molecule has 1 aromatic rings. The molecule has 2 atom stereocenters. The fraction of sp³-hybridized carbons (Fsp3) is 0.625. The van der Waals surface area contributed by atoms with Crippen LogP contribution in [-0.2, 0) is 0 Å². The molecule has 3 heteroatoms. The van der Waals surface area contributed by atoms with Crippen LogP contribution >= 0.6 is 0 Å². The van der Waals surface area contributed by atoms with Crippen LogP contribution in [0.15, 0.2) is 24.3 Å². The van der Waals surface area contributed by atoms with Crippen LogP contribution in [0.25, 0.3) is 0 Å². The summed E-state index contributed by atoms with van der Waals surface area (Å²) in [5.41, 5.74) is 1.03. The smallest absolute Gasteiger partial charge is 0.123 e. The first-order valence-corrected chi connectivity index (χ1v) is 7.13. The molecule has 0 spiro atoms. The molecule has 1 fully saturated rings. The minimum Gasteiger partial charge on any atom is -0.387 e. The van der Waals surface area contributed by atoms with Gasteiger partial charge in [0.25, 0.3) is 0 Å². The second kappa shape index (κ2) is 6.02. The van der Waals surface area contributed by atoms with Gasteiger partial charge < -0.3 is 10.4 Å². The molecule has 1 aromatic carbocycles. The summed E-state index contributed by atoms with van der Waals surface area (Å²) in [7, 11) is 0. The summed E-state index contributed by atoms with van der Waals surface area (Å²) < 4.78 is 13.1. The van der Waals surface area contributed by atoms with Gasteiger partial charge in [-0.25, -0.2) is 4.39 Å². The Labute approximate surface area is 115 Å². The molecule has 1 aliphatic rings. The van der Waals surface area contributed by atoms with Crippen molar-refractivity contribution in [3.8, 4) is 0 Å². The number of hydrogen-bond acceptors (Lipinski definition) is 2. The lowest BCUT2D eigenvalue weighted by Gasteiger charge is -2.36. The number of halogens is 1. The van der Waals surface area contributed by atoms with E-state index < -0.39 is 6.10 Å². The third-order valence-corrected chi connectivity index (χ3v) is 4.04. The van der Waals surface area contributed by atoms with Gasteiger partial charge in [-0.3, -0.25) is 0 Å². The van der Waals surface area contributed by atoms with E-state index >= 15 is 0 Å². The Morgan fingerprint density at radius 1 is 1.47 bits per heavy atom. The zero-order chi connectivity index (χ0) is 13.9. The Kier molecular flexibility index (Phi) is 4.58. The molecule has 19 heavy (non-hydrogen) atoms. The van der Waals surface area contributed by atoms with Crippen molar-refractivity contribution in [2.24, 2.45) is 5.41 Å². The number of hydrogen-bond donors (Lipinski definition) is 2. The number of rotatable bonds is 4. The molecule has 1 aliphatic carbocycles. The van der Waals surface area contributed by atoms with Crippen LogP contribution in [0.2, 0.25) is 0 Å². The van der Waals surface area contributed by atoms with Gasteiger partial charge in [0.2, 0.25) is 0 Å². The highest BCUT2D eigenvalue weighted by Crippen LogP contribution is 2.35. The first-order chi connectivity index (χ1) is 8.96. The number of benzene rings is 1. The highest BCUT2D eigenvalue weighted by atomic mass is 19.1. The zero-order valence-electron chi connectivity index (χ0n) is 11.8. The fourth-order valence-electron chi connectivity index (χ4n) is 2.98. The van der Waals surface area contributed by atoms with Gasteiger partial charge in [-0.2, -0.15) is 0 Å². The molecule has 0 bridgehead atoms. The van der Waals surface area contributed by atoms with Crippen LogP contribution in [0.5, 0.6) is 0 Å². The Morgan fingerprint density at radius 3 is 2.95 bits per heavy atom. The van der Waals surface area contributed by atoms with Crippen LogP contribution in [0.3, 0.4) is 0 Å². The van der Waals surface area contributed by atoms with Gasteiger partial charge in [0.05, 0.1) is 6.10 Å². The Hall–Kier alpha value is -0.930. The van der Waals surface area contributed by atoms with E-state index in [9.17, 15) is 9.50 Å². The molecular formula is C16H24FNO. The summed E-state index contributed by atoms with van der Waals surface area (Å²) in [4.78, 5) is 0. The fourth-order valence-corrected chi connectivity index (χ4v) is 2.98. The summed E-state index contributed by atoms with van der Waals surface area (Å²) in [5, 5.41) is 13.5. The second-order valence-corrected chi connectivity index (χ2v) is 6.44. The van der Waals surface area contributed by atoms with E-state index in [2.05, 4.69) is 19.2 Å². The lowest BCUT2D eigenvalue weighted by Crippen LogP contribution is -2.39. The molecule has 2 rings (SSSR count). The Bertz CT molecular complexity index is 419. The molecular weight excluding hydrogens is 241 g/mol. The van der Waals surface area contributed by atoms with E-state index in [0.717, 1.165) is 6.42 Å². The largest absolute Gasteiger partial charge is 0.387 e. The minimum absolute atomic E-state index is 0.296. The lowest BCUT2D eigenvalue weighted by molar-refractivity contribution is 0.147. The average Bonchev–Trinajstić information content (AvgIpc) is 2.35. The molecule has 2 nitrogen and oxygen atoms in total. The third-order valence-electron chi connectivity index (χ3n) is 4.04. The van der Waals surface area contributed by atoms with Gasteiger partial charge in [0.1, 0.15) is 5.82 Å². The standard InChI is InChI=1S/C16H24FNO/c1-16(2)8-4-7-14(10-16)18-11-15(19)12-5-3-6-13(17)9-12/h3,5-6,9,14-15,18-19H,4,7-8,10-11H2,1-2H3. The molecule has 106 valence electrons. The summed E-state index contributed by atoms with van der Waals surface area (Å²) in [6.07, 6.45) is 4.18. The summed E-state index contributed by atoms with van der Waals surface area (Å²) in [6, 6.07) is 6.66. The molecule has 0 heterocycles. The quantitative estimate of drug-likeness (QED) is 0.874. The predicted molar refractivity (Wildman–Crippen MR) is 75.4 cm³/mol. The Balaban J connectivity index is 1.85. The van der Waals surface area contributed by atoms with Gasteiger partial charge in [-0.15, -0.1) is 0 Å². The topological polar surface area (TPSA) is 32.3 Å². The highest BCUT2D eigenvalue weighted by molar-refractivity contribution is 5.19. The maximum Gasteiger partial charge on any atom is 0.123 e. The first kappa shape index (κ1) is 14.5. The van der Waals surface area contributed by atoms with Crippen molar-refractivity contribution in [1.82, 2.24) is 5.32 Å². The van der Waals surface area contributed by atoms with Gasteiger partial charge in [0, 0.05) is 12.6 Å². The molecule has 2 unspecified atom stereocenters. The number of aliphatic hydroxyl groups excluding tert-OH is 1. The van der Waals surface area contributed by atoms with Crippen LogP contribution in [0.4, 0.5) is 4.39 Å². The van der Waals surface area contributed by atoms with E-state index in [4.69, 9.17) is 0 Å². The van der Waals surface area contributed by atoms with Gasteiger partial charge in [0.15, 0.2) is 0 Å². The molecule has 0 aliphatic heterocycles. The van der Waals surface area contributed by atoms with Crippen LogP contribution in [-0.4, -0.2) is 17.7 Å². The molecule has 0 amide bonds. The van der Waals surface area contributed by atoms with Crippen molar-refractivity contribution < 1.29 is 9.50 Å². The van der Waals surface area contributed by atoms with Crippen LogP contribution in [0, 0.1) is 11.2 Å². The normalized spacial score (nSPS) is 24.1. The van der Waals surface area contributed by atoms with Crippen molar-refractivity contribution >= 4 is 0 Å². The third kappa shape index (κ3) is 4.29. The van der Waals surface area contributed by atoms with E-state index in [1.807, 2.05) is 0 Å². The van der Waals surface area contributed by atoms with Crippen molar-refractivity contribution in [3.63, 3.8) is 0 Å². The van der Waals surface area contributed by atoms with Gasteiger partial charge in [-0.05, 0) is 42.4 Å². The lowest BCUT2D eigenvalue weighted by atomic mass is 9.75. The molecule has 1 saturated carbocycles. The summed E-state index contributed by atoms with van der Waals surface area (Å²) in [5.74, 6) is -0.296. The summed E-state index contributed by atoms with van der Waals surface area (Å²) >= 11 is 0. The average molecular weight is 265 g/mol. The van der Waals surface area contributed by atoms with Crippen molar-refractivity contribution in [2.45, 2.75) is 51.7 Å². The zero-order valence-corrected chi connectivity index (χ0v) is 11.8. The van der Waals surface area contributed by atoms with E-state index in [1.165, 1.54) is 31.4 Å². The van der Waals surface area contributed by atoms with Crippen molar-refractivity contribution in [3.05, 3.63) is 35.6 Å². The van der Waals surface area contributed by atoms with Gasteiger partial charge in [-0.1, -0.05) is 32.4 Å². The molecule has 0 aromatic heterocycles. The van der Waals surface area contributed by atoms with Crippen LogP contribution in [0.1, 0.15) is 51.2 Å². The SMILES string of the molecule is CC1(C)CCCC(NCC(O)c2cccc(F)c2)C1. The highest BCUT2D eigenvalue weighted by Gasteiger charge is 2.27. The van der Waals surface area contributed by atoms with Crippen LogP contribution < -0.4 is 5.32 Å². The minimum atomic E-state index is -0.638. The van der Waals surface area contributed by atoms with Crippen molar-refractivity contribution in [1.29, 1.82) is 0 Å². The number of nitrogens with one attached hydrogen (secondary N) is 1. The van der Waals surface area contributed by atoms with Crippen molar-refractivity contribution in [2.75, 3.05) is 6.54 Å². The van der Waals surface area contributed by atoms with Gasteiger partial charge >= 0.3 is 0 Å². The monoisotopic (exact) mass is 265 g/mol. The molecule has 2 N–H and O–H groups in total. The Morgan fingerprint density at radius 2 is 2.26 bits per heavy atom. The summed E-state index contributed by atoms with van der Waals surface area (Å²) in [6.45, 7) is 5.08. The second-order valence-electron chi connectivity index (χ2n) is 6.44. The number of aliphatic hydroxyl groups is 1. The van der Waals surface area contributed by atoms with E-state index in [-0.39, 0.29) is 5.82 Å². The predicted octanol–water partition coefficient (Wildman–Crippen LogP) is 3.42. The maximum atomic E-state index is 13.1. The van der Waals surface area contributed by atoms with E-state index in [0.29, 0.717) is 23.6 Å². The van der Waals surface area contributed by atoms with E-state index in [1.54, 1.807) is 12.1 Å². The molecule has 0 saturated heterocycles. The first-order valence-electron chi connectivity index (χ1n) is 7.13. The molecule has 0 radical (unpaired) electrons.